The van der Waals surface area contributed by atoms with E-state index >= 15 is 0 Å². The molecule has 0 bridgehead atoms. The van der Waals surface area contributed by atoms with E-state index in [1.807, 2.05) is 42.2 Å². The van der Waals surface area contributed by atoms with Gasteiger partial charge in [0.15, 0.2) is 0 Å². The molecule has 3 rings (SSSR count). The monoisotopic (exact) mass is 434 g/mol. The molecular formula is C22H24Cl2N2O3. The summed E-state index contributed by atoms with van der Waals surface area (Å²) in [6.07, 6.45) is -1.49. The second kappa shape index (κ2) is 8.34. The fourth-order valence-electron chi connectivity index (χ4n) is 3.44. The van der Waals surface area contributed by atoms with Crippen molar-refractivity contribution in [2.24, 2.45) is 0 Å². The van der Waals surface area contributed by atoms with Crippen LogP contribution in [-0.2, 0) is 9.53 Å². The van der Waals surface area contributed by atoms with Crippen LogP contribution in [0.15, 0.2) is 48.5 Å². The van der Waals surface area contributed by atoms with E-state index in [2.05, 4.69) is 0 Å². The van der Waals surface area contributed by atoms with Gasteiger partial charge in [-0.2, -0.15) is 0 Å². The number of amides is 2. The van der Waals surface area contributed by atoms with Crippen molar-refractivity contribution >= 4 is 35.2 Å². The van der Waals surface area contributed by atoms with E-state index in [1.54, 1.807) is 39.0 Å². The number of halogens is 2. The highest BCUT2D eigenvalue weighted by atomic mass is 35.5. The lowest BCUT2D eigenvalue weighted by atomic mass is 10.0. The Hall–Kier alpha value is -2.08. The van der Waals surface area contributed by atoms with Crippen LogP contribution in [0.2, 0.25) is 10.0 Å². The number of rotatable bonds is 3. The second-order valence-corrected chi connectivity index (χ2v) is 8.83. The first-order valence-corrected chi connectivity index (χ1v) is 10.2. The molecule has 1 heterocycles. The first-order chi connectivity index (χ1) is 13.6. The molecule has 1 aliphatic rings. The van der Waals surface area contributed by atoms with Gasteiger partial charge in [-0.05, 0) is 45.4 Å². The lowest BCUT2D eigenvalue weighted by molar-refractivity contribution is -0.127. The summed E-state index contributed by atoms with van der Waals surface area (Å²) < 4.78 is 5.51. The molecule has 0 spiro atoms. The van der Waals surface area contributed by atoms with Crippen molar-refractivity contribution in [3.8, 4) is 0 Å². The number of hydrogen-bond acceptors (Lipinski definition) is 4. The van der Waals surface area contributed by atoms with Gasteiger partial charge in [-0.25, -0.2) is 9.69 Å². The number of benzene rings is 2. The van der Waals surface area contributed by atoms with E-state index in [4.69, 9.17) is 27.9 Å². The van der Waals surface area contributed by atoms with Gasteiger partial charge in [0.25, 0.3) is 0 Å². The number of hydrogen-bond donors (Lipinski definition) is 0. The number of carbonyl (C=O) groups is 2. The summed E-state index contributed by atoms with van der Waals surface area (Å²) in [6, 6.07) is 14.7. The van der Waals surface area contributed by atoms with E-state index in [0.717, 1.165) is 10.5 Å². The van der Waals surface area contributed by atoms with Crippen LogP contribution in [0.1, 0.15) is 51.0 Å². The number of nitrogens with zero attached hydrogens (tertiary/aromatic N) is 2. The average molecular weight is 435 g/mol. The first-order valence-electron chi connectivity index (χ1n) is 9.40. The minimum atomic E-state index is -0.770. The van der Waals surface area contributed by atoms with Gasteiger partial charge in [0.1, 0.15) is 11.8 Å². The SMILES string of the molecule is C[C@H](c1ccccc1)N1CC(=O)N(C(=O)OC(C)(C)C)C1c1c(Cl)cccc1Cl. The van der Waals surface area contributed by atoms with E-state index < -0.39 is 17.9 Å². The normalized spacial score (nSPS) is 18.8. The van der Waals surface area contributed by atoms with Crippen LogP contribution in [0.5, 0.6) is 0 Å². The summed E-state index contributed by atoms with van der Waals surface area (Å²) in [6.45, 7) is 7.30. The maximum Gasteiger partial charge on any atom is 0.418 e. The van der Waals surface area contributed by atoms with Gasteiger partial charge < -0.3 is 4.74 Å². The minimum absolute atomic E-state index is 0.0432. The van der Waals surface area contributed by atoms with Crippen LogP contribution >= 0.6 is 23.2 Å². The van der Waals surface area contributed by atoms with Crippen molar-refractivity contribution in [2.75, 3.05) is 6.54 Å². The molecule has 1 unspecified atom stereocenters. The van der Waals surface area contributed by atoms with E-state index in [0.29, 0.717) is 15.6 Å². The topological polar surface area (TPSA) is 49.9 Å². The van der Waals surface area contributed by atoms with E-state index in [9.17, 15) is 9.59 Å². The Morgan fingerprint density at radius 1 is 1.07 bits per heavy atom. The molecule has 2 atom stereocenters. The van der Waals surface area contributed by atoms with Crippen LogP contribution in [0.3, 0.4) is 0 Å². The fraction of sp³-hybridized carbons (Fsp3) is 0.364. The quantitative estimate of drug-likeness (QED) is 0.609. The molecule has 0 aliphatic carbocycles. The molecule has 2 aromatic carbocycles. The largest absolute Gasteiger partial charge is 0.443 e. The Labute approximate surface area is 181 Å². The molecule has 0 saturated carbocycles. The van der Waals surface area contributed by atoms with Crippen LogP contribution in [0.4, 0.5) is 4.79 Å². The lowest BCUT2D eigenvalue weighted by Crippen LogP contribution is -2.41. The Kier molecular flexibility index (Phi) is 6.22. The van der Waals surface area contributed by atoms with Gasteiger partial charge >= 0.3 is 6.09 Å². The highest BCUT2D eigenvalue weighted by Crippen LogP contribution is 2.43. The highest BCUT2D eigenvalue weighted by molar-refractivity contribution is 6.36. The van der Waals surface area contributed by atoms with Crippen molar-refractivity contribution in [3.63, 3.8) is 0 Å². The maximum absolute atomic E-state index is 13.0. The number of imide groups is 1. The highest BCUT2D eigenvalue weighted by Gasteiger charge is 2.47. The van der Waals surface area contributed by atoms with Crippen LogP contribution in [-0.4, -0.2) is 33.9 Å². The van der Waals surface area contributed by atoms with Gasteiger partial charge in [0.2, 0.25) is 5.91 Å². The number of carbonyl (C=O) groups excluding carboxylic acids is 2. The van der Waals surface area contributed by atoms with Gasteiger partial charge in [-0.15, -0.1) is 0 Å². The first kappa shape index (κ1) is 21.6. The van der Waals surface area contributed by atoms with E-state index in [-0.39, 0.29) is 18.5 Å². The van der Waals surface area contributed by atoms with Gasteiger partial charge in [0, 0.05) is 21.7 Å². The lowest BCUT2D eigenvalue weighted by Gasteiger charge is -2.34. The minimum Gasteiger partial charge on any atom is -0.443 e. The van der Waals surface area contributed by atoms with Crippen molar-refractivity contribution in [3.05, 3.63) is 69.7 Å². The molecule has 5 nitrogen and oxygen atoms in total. The zero-order valence-electron chi connectivity index (χ0n) is 16.9. The van der Waals surface area contributed by atoms with Gasteiger partial charge in [0.05, 0.1) is 6.54 Å². The Morgan fingerprint density at radius 2 is 1.66 bits per heavy atom. The molecule has 7 heteroatoms. The molecule has 1 saturated heterocycles. The molecule has 1 fully saturated rings. The van der Waals surface area contributed by atoms with Gasteiger partial charge in [-0.1, -0.05) is 59.6 Å². The Balaban J connectivity index is 2.09. The summed E-state index contributed by atoms with van der Waals surface area (Å²) in [4.78, 5) is 28.9. The third-order valence-corrected chi connectivity index (χ3v) is 5.43. The van der Waals surface area contributed by atoms with Crippen LogP contribution in [0.25, 0.3) is 0 Å². The van der Waals surface area contributed by atoms with Crippen molar-refractivity contribution in [2.45, 2.75) is 45.5 Å². The molecule has 0 N–H and O–H groups in total. The van der Waals surface area contributed by atoms with Crippen molar-refractivity contribution in [1.82, 2.24) is 9.80 Å². The maximum atomic E-state index is 13.0. The summed E-state index contributed by atoms with van der Waals surface area (Å²) in [5, 5.41) is 0.770. The molecule has 1 aliphatic heterocycles. The predicted octanol–water partition coefficient (Wildman–Crippen LogP) is 5.83. The molecule has 29 heavy (non-hydrogen) atoms. The second-order valence-electron chi connectivity index (χ2n) is 8.01. The summed E-state index contributed by atoms with van der Waals surface area (Å²) in [7, 11) is 0. The smallest absolute Gasteiger partial charge is 0.418 e. The molecule has 0 aromatic heterocycles. The third kappa shape index (κ3) is 4.58. The fourth-order valence-corrected chi connectivity index (χ4v) is 4.03. The van der Waals surface area contributed by atoms with Crippen molar-refractivity contribution < 1.29 is 14.3 Å². The average Bonchev–Trinajstić information content (AvgIpc) is 2.97. The predicted molar refractivity (Wildman–Crippen MR) is 114 cm³/mol. The molecular weight excluding hydrogens is 411 g/mol. The zero-order chi connectivity index (χ0) is 21.3. The van der Waals surface area contributed by atoms with Crippen molar-refractivity contribution in [1.29, 1.82) is 0 Å². The van der Waals surface area contributed by atoms with E-state index in [1.165, 1.54) is 0 Å². The summed E-state index contributed by atoms with van der Waals surface area (Å²) >= 11 is 13.0. The van der Waals surface area contributed by atoms with Crippen LogP contribution in [0, 0.1) is 0 Å². The summed E-state index contributed by atoms with van der Waals surface area (Å²) in [5.41, 5.74) is 0.778. The van der Waals surface area contributed by atoms with Crippen LogP contribution < -0.4 is 0 Å². The zero-order valence-corrected chi connectivity index (χ0v) is 18.4. The molecule has 2 aromatic rings. The Morgan fingerprint density at radius 3 is 2.21 bits per heavy atom. The third-order valence-electron chi connectivity index (χ3n) is 4.77. The standard InChI is InChI=1S/C22H24Cl2N2O3/c1-14(15-9-6-5-7-10-15)25-13-18(27)26(21(28)29-22(2,3)4)20(25)19-16(23)11-8-12-17(19)24/h5-12,14,20H,13H2,1-4H3/t14-,20?/m1/s1. The summed E-state index contributed by atoms with van der Waals surface area (Å²) in [5.74, 6) is -0.358. The molecule has 0 radical (unpaired) electrons. The molecule has 154 valence electrons. The Bertz CT molecular complexity index is 892. The number of ether oxygens (including phenoxy) is 1. The molecule has 2 amide bonds. The van der Waals surface area contributed by atoms with Gasteiger partial charge in [-0.3, -0.25) is 9.69 Å².